The van der Waals surface area contributed by atoms with Gasteiger partial charge in [-0.3, -0.25) is 4.57 Å². The lowest BCUT2D eigenvalue weighted by Gasteiger charge is -2.25. The minimum Gasteiger partial charge on any atom is -0.457 e. The number of hydrogen-bond acceptors (Lipinski definition) is 4. The maximum atomic E-state index is 6.76. The molecule has 6 heteroatoms. The Labute approximate surface area is 292 Å². The number of aryl methyl sites for hydroxylation is 2. The van der Waals surface area contributed by atoms with Crippen molar-refractivity contribution >= 4 is 55.0 Å². The molecule has 0 saturated carbocycles. The summed E-state index contributed by atoms with van der Waals surface area (Å²) in [6, 6.07) is 40.9. The molecule has 0 aliphatic carbocycles. The van der Waals surface area contributed by atoms with Crippen molar-refractivity contribution in [2.45, 2.75) is 33.1 Å². The molecule has 0 spiro atoms. The van der Waals surface area contributed by atoms with Crippen LogP contribution in [-0.4, -0.2) is 20.8 Å². The molecule has 50 heavy (non-hydrogen) atoms. The smallest absolute Gasteiger partial charge is 0.139 e. The van der Waals surface area contributed by atoms with Crippen LogP contribution in [0.5, 0.6) is 11.5 Å². The lowest BCUT2D eigenvalue weighted by Crippen LogP contribution is -2.25. The van der Waals surface area contributed by atoms with E-state index in [9.17, 15) is 0 Å². The van der Waals surface area contributed by atoms with Crippen LogP contribution in [-0.2, 0) is 12.5 Å². The molecule has 0 bridgehead atoms. The van der Waals surface area contributed by atoms with E-state index >= 15 is 0 Å². The number of anilines is 2. The summed E-state index contributed by atoms with van der Waals surface area (Å²) in [5.74, 6) is 2.47. The van der Waals surface area contributed by atoms with Crippen molar-refractivity contribution in [2.24, 2.45) is 7.05 Å². The molecule has 0 unspecified atom stereocenters. The molecule has 1 aliphatic rings. The first-order valence-corrected chi connectivity index (χ1v) is 17.2. The molecule has 0 amide bonds. The summed E-state index contributed by atoms with van der Waals surface area (Å²) in [5.41, 5.74) is 9.20. The van der Waals surface area contributed by atoms with Gasteiger partial charge in [0.2, 0.25) is 0 Å². The minimum absolute atomic E-state index is 0.0577. The van der Waals surface area contributed by atoms with Gasteiger partial charge in [0.25, 0.3) is 0 Å². The molecule has 9 rings (SSSR count). The van der Waals surface area contributed by atoms with Gasteiger partial charge in [-0.05, 0) is 72.5 Å². The van der Waals surface area contributed by atoms with E-state index in [0.29, 0.717) is 0 Å². The van der Waals surface area contributed by atoms with Crippen LogP contribution in [0.2, 0.25) is 0 Å². The first kappa shape index (κ1) is 30.1. The Hall–Kier alpha value is -6.01. The fourth-order valence-electron chi connectivity index (χ4n) is 7.34. The lowest BCUT2D eigenvalue weighted by molar-refractivity contribution is 0.479. The van der Waals surface area contributed by atoms with E-state index in [0.717, 1.165) is 57.0 Å². The zero-order chi connectivity index (χ0) is 34.1. The van der Waals surface area contributed by atoms with Crippen molar-refractivity contribution in [3.8, 4) is 17.3 Å². The summed E-state index contributed by atoms with van der Waals surface area (Å²) in [6.07, 6.45) is 6.30. The molecule has 6 nitrogen and oxygen atoms in total. The summed E-state index contributed by atoms with van der Waals surface area (Å²) in [5, 5.41) is 4.74. The number of ether oxygens (including phenoxy) is 1. The second-order valence-corrected chi connectivity index (χ2v) is 14.5. The molecular weight excluding hydrogens is 615 g/mol. The Morgan fingerprint density at radius 3 is 2.18 bits per heavy atom. The van der Waals surface area contributed by atoms with Crippen LogP contribution in [0.4, 0.5) is 11.4 Å². The average Bonchev–Trinajstić information content (AvgIpc) is 3.81. The molecule has 1 aliphatic heterocycles. The molecule has 0 radical (unpaired) electrons. The largest absolute Gasteiger partial charge is 0.457 e. The van der Waals surface area contributed by atoms with Crippen LogP contribution in [0.3, 0.4) is 0 Å². The van der Waals surface area contributed by atoms with E-state index in [4.69, 9.17) is 9.72 Å². The molecule has 0 atom stereocenters. The second kappa shape index (κ2) is 11.3. The van der Waals surface area contributed by atoms with Crippen molar-refractivity contribution in [3.63, 3.8) is 0 Å². The summed E-state index contributed by atoms with van der Waals surface area (Å²) >= 11 is 0. The standard InChI is InChI=1S/C44H39N5O/c1-29-15-18-39-37(21-29)38-27-45-43(26-41(38)46(39)5)49-40-14-10-9-13-35(40)36-17-16-33(25-42(36)49)50-34-23-30(44(2,3)4)22-32(24-34)48-20-19-47(28-48)31-11-7-6-8-12-31/h6-27H,28H2,1-5H3. The molecule has 4 heterocycles. The first-order chi connectivity index (χ1) is 24.2. The predicted octanol–water partition coefficient (Wildman–Crippen LogP) is 11.0. The van der Waals surface area contributed by atoms with Gasteiger partial charge < -0.3 is 19.1 Å². The zero-order valence-corrected chi connectivity index (χ0v) is 29.1. The first-order valence-electron chi connectivity index (χ1n) is 17.2. The van der Waals surface area contributed by atoms with E-state index in [1.54, 1.807) is 0 Å². The highest BCUT2D eigenvalue weighted by atomic mass is 16.5. The summed E-state index contributed by atoms with van der Waals surface area (Å²) in [4.78, 5) is 9.59. The van der Waals surface area contributed by atoms with Gasteiger partial charge in [0, 0.05) is 82.3 Å². The molecule has 8 aromatic rings. The van der Waals surface area contributed by atoms with E-state index in [1.807, 2.05) is 6.20 Å². The number of para-hydroxylation sites is 2. The van der Waals surface area contributed by atoms with Gasteiger partial charge in [0.1, 0.15) is 17.3 Å². The SMILES string of the molecule is Cc1ccc2c(c1)c1cnc(-n3c4ccccc4c4ccc(Oc5cc(N6C=CN(c7ccccc7)C6)cc(C(C)(C)C)c5)cc43)cc1n2C. The Balaban J connectivity index is 1.13. The molecule has 246 valence electrons. The second-order valence-electron chi connectivity index (χ2n) is 14.5. The van der Waals surface area contributed by atoms with Crippen LogP contribution in [0.15, 0.2) is 134 Å². The Kier molecular flexibility index (Phi) is 6.78. The lowest BCUT2D eigenvalue weighted by atomic mass is 9.86. The van der Waals surface area contributed by atoms with Gasteiger partial charge in [-0.15, -0.1) is 0 Å². The zero-order valence-electron chi connectivity index (χ0n) is 29.1. The maximum Gasteiger partial charge on any atom is 0.139 e. The Bertz CT molecular complexity index is 2620. The summed E-state index contributed by atoms with van der Waals surface area (Å²) < 4.78 is 11.3. The van der Waals surface area contributed by atoms with Crippen LogP contribution in [0, 0.1) is 6.92 Å². The van der Waals surface area contributed by atoms with E-state index in [-0.39, 0.29) is 5.41 Å². The van der Waals surface area contributed by atoms with Gasteiger partial charge in [0.15, 0.2) is 0 Å². The Morgan fingerprint density at radius 2 is 1.36 bits per heavy atom. The number of nitrogens with zero attached hydrogens (tertiary/aromatic N) is 5. The van der Waals surface area contributed by atoms with E-state index in [2.05, 4.69) is 181 Å². The van der Waals surface area contributed by atoms with Gasteiger partial charge in [0.05, 0.1) is 23.2 Å². The summed E-state index contributed by atoms with van der Waals surface area (Å²) in [6.45, 7) is 9.61. The maximum absolute atomic E-state index is 6.76. The average molecular weight is 654 g/mol. The fourth-order valence-corrected chi connectivity index (χ4v) is 7.34. The Morgan fingerprint density at radius 1 is 0.600 bits per heavy atom. The number of fused-ring (bicyclic) bond motifs is 6. The third-order valence-corrected chi connectivity index (χ3v) is 10.1. The predicted molar refractivity (Wildman–Crippen MR) is 208 cm³/mol. The number of pyridine rings is 1. The van der Waals surface area contributed by atoms with Crippen molar-refractivity contribution < 1.29 is 4.74 Å². The molecule has 0 N–H and O–H groups in total. The van der Waals surface area contributed by atoms with Crippen molar-refractivity contribution in [2.75, 3.05) is 16.5 Å². The van der Waals surface area contributed by atoms with Crippen LogP contribution < -0.4 is 14.5 Å². The highest BCUT2D eigenvalue weighted by Gasteiger charge is 2.22. The van der Waals surface area contributed by atoms with Gasteiger partial charge in [-0.2, -0.15) is 0 Å². The van der Waals surface area contributed by atoms with Crippen molar-refractivity contribution in [1.29, 1.82) is 0 Å². The van der Waals surface area contributed by atoms with Gasteiger partial charge >= 0.3 is 0 Å². The monoisotopic (exact) mass is 653 g/mol. The number of aromatic nitrogens is 3. The third kappa shape index (κ3) is 4.98. The third-order valence-electron chi connectivity index (χ3n) is 10.1. The topological polar surface area (TPSA) is 38.5 Å². The van der Waals surface area contributed by atoms with Crippen LogP contribution in [0.25, 0.3) is 49.4 Å². The molecular formula is C44H39N5O. The summed E-state index contributed by atoms with van der Waals surface area (Å²) in [7, 11) is 2.14. The van der Waals surface area contributed by atoms with E-state index in [1.165, 1.54) is 33.1 Å². The fraction of sp³-hybridized carbons (Fsp3) is 0.159. The molecule has 5 aromatic carbocycles. The minimum atomic E-state index is -0.0577. The quantitative estimate of drug-likeness (QED) is 0.185. The molecule has 3 aromatic heterocycles. The molecule has 0 fully saturated rings. The number of hydrogen-bond donors (Lipinski definition) is 0. The van der Waals surface area contributed by atoms with Crippen LogP contribution >= 0.6 is 0 Å². The van der Waals surface area contributed by atoms with Gasteiger partial charge in [-0.25, -0.2) is 4.98 Å². The number of rotatable bonds is 5. The van der Waals surface area contributed by atoms with Crippen molar-refractivity contribution in [3.05, 3.63) is 145 Å². The van der Waals surface area contributed by atoms with E-state index < -0.39 is 0 Å². The van der Waals surface area contributed by atoms with Crippen LogP contribution in [0.1, 0.15) is 31.9 Å². The highest BCUT2D eigenvalue weighted by Crippen LogP contribution is 2.39. The normalized spacial score (nSPS) is 13.5. The molecule has 0 saturated heterocycles. The van der Waals surface area contributed by atoms with Gasteiger partial charge in [-0.1, -0.05) is 68.8 Å². The highest BCUT2D eigenvalue weighted by molar-refractivity contribution is 6.11. The van der Waals surface area contributed by atoms with Crippen molar-refractivity contribution in [1.82, 2.24) is 14.1 Å². The number of benzene rings is 5.